The van der Waals surface area contributed by atoms with Gasteiger partial charge in [0, 0.05) is 18.7 Å². The molecule has 0 amide bonds. The first kappa shape index (κ1) is 12.1. The molecule has 0 radical (unpaired) electrons. The lowest BCUT2D eigenvalue weighted by atomic mass is 10.1. The van der Waals surface area contributed by atoms with Gasteiger partial charge in [-0.3, -0.25) is 4.90 Å². The summed E-state index contributed by atoms with van der Waals surface area (Å²) in [4.78, 5) is 2.27. The molecule has 0 saturated heterocycles. The van der Waals surface area contributed by atoms with Crippen LogP contribution in [0.25, 0.3) is 0 Å². The molecule has 1 aliphatic rings. The van der Waals surface area contributed by atoms with Crippen molar-refractivity contribution < 1.29 is 9.47 Å². The van der Waals surface area contributed by atoms with E-state index in [-0.39, 0.29) is 0 Å². The Bertz CT molecular complexity index is 554. The van der Waals surface area contributed by atoms with Crippen molar-refractivity contribution in [3.05, 3.63) is 59.7 Å². The highest BCUT2D eigenvalue weighted by Gasteiger charge is 2.17. The zero-order valence-electron chi connectivity index (χ0n) is 11.0. The van der Waals surface area contributed by atoms with Gasteiger partial charge in [-0.25, -0.2) is 0 Å². The van der Waals surface area contributed by atoms with Gasteiger partial charge in [-0.2, -0.15) is 0 Å². The first-order valence-electron chi connectivity index (χ1n) is 6.41. The van der Waals surface area contributed by atoms with Crippen molar-refractivity contribution >= 4 is 0 Å². The zero-order chi connectivity index (χ0) is 13.1. The van der Waals surface area contributed by atoms with Crippen molar-refractivity contribution in [1.82, 2.24) is 4.90 Å². The highest BCUT2D eigenvalue weighted by Crippen LogP contribution is 2.29. The number of rotatable bonds is 3. The minimum atomic E-state index is 0.633. The van der Waals surface area contributed by atoms with E-state index in [9.17, 15) is 0 Å². The molecule has 0 atom stereocenters. The van der Waals surface area contributed by atoms with Gasteiger partial charge in [0.15, 0.2) is 0 Å². The summed E-state index contributed by atoms with van der Waals surface area (Å²) in [6.45, 7) is 2.42. The number of ether oxygens (including phenoxy) is 2. The minimum absolute atomic E-state index is 0.633. The summed E-state index contributed by atoms with van der Waals surface area (Å²) in [6, 6.07) is 16.4. The van der Waals surface area contributed by atoms with E-state index in [1.165, 1.54) is 11.1 Å². The fourth-order valence-electron chi connectivity index (χ4n) is 2.34. The molecule has 1 heterocycles. The highest BCUT2D eigenvalue weighted by atomic mass is 16.5. The van der Waals surface area contributed by atoms with E-state index in [0.29, 0.717) is 6.73 Å². The Kier molecular flexibility index (Phi) is 3.38. The Balaban J connectivity index is 1.74. The fraction of sp³-hybridized carbons (Fsp3) is 0.250. The van der Waals surface area contributed by atoms with Gasteiger partial charge in [0.25, 0.3) is 0 Å². The summed E-state index contributed by atoms with van der Waals surface area (Å²) in [6.07, 6.45) is 0. The molecule has 0 N–H and O–H groups in total. The van der Waals surface area contributed by atoms with Gasteiger partial charge in [-0.15, -0.1) is 0 Å². The van der Waals surface area contributed by atoms with Crippen LogP contribution in [0.5, 0.6) is 11.5 Å². The number of benzene rings is 2. The monoisotopic (exact) mass is 255 g/mol. The quantitative estimate of drug-likeness (QED) is 0.841. The predicted molar refractivity (Wildman–Crippen MR) is 74.2 cm³/mol. The van der Waals surface area contributed by atoms with Gasteiger partial charge >= 0.3 is 0 Å². The molecule has 2 aromatic carbocycles. The van der Waals surface area contributed by atoms with Crippen LogP contribution in [0.3, 0.4) is 0 Å². The number of hydrogen-bond acceptors (Lipinski definition) is 3. The van der Waals surface area contributed by atoms with Gasteiger partial charge in [0.05, 0.1) is 7.11 Å². The maximum absolute atomic E-state index is 5.78. The predicted octanol–water partition coefficient (Wildman–Crippen LogP) is 3.05. The van der Waals surface area contributed by atoms with Crippen molar-refractivity contribution in [1.29, 1.82) is 0 Å². The summed E-state index contributed by atoms with van der Waals surface area (Å²) in [7, 11) is 1.69. The third-order valence-electron chi connectivity index (χ3n) is 3.31. The number of hydrogen-bond donors (Lipinski definition) is 0. The molecule has 3 nitrogen and oxygen atoms in total. The highest BCUT2D eigenvalue weighted by molar-refractivity contribution is 5.41. The number of methoxy groups -OCH3 is 1. The van der Waals surface area contributed by atoms with E-state index in [4.69, 9.17) is 9.47 Å². The second-order valence-electron chi connectivity index (χ2n) is 4.72. The van der Waals surface area contributed by atoms with Crippen LogP contribution >= 0.6 is 0 Å². The second kappa shape index (κ2) is 5.33. The molecular weight excluding hydrogens is 238 g/mol. The summed E-state index contributed by atoms with van der Waals surface area (Å²) in [5.41, 5.74) is 2.49. The maximum atomic E-state index is 5.78. The first-order valence-corrected chi connectivity index (χ1v) is 6.41. The number of fused-ring (bicyclic) bond motifs is 1. The standard InChI is InChI=1S/C16H17NO2/c1-18-15-7-8-16-14(9-15)11-17(12-19-16)10-13-5-3-2-4-6-13/h2-9H,10-12H2,1H3. The van der Waals surface area contributed by atoms with E-state index in [0.717, 1.165) is 24.6 Å². The van der Waals surface area contributed by atoms with Crippen LogP contribution in [0.4, 0.5) is 0 Å². The Hall–Kier alpha value is -2.00. The molecule has 1 aliphatic heterocycles. The van der Waals surface area contributed by atoms with E-state index >= 15 is 0 Å². The van der Waals surface area contributed by atoms with Crippen LogP contribution in [0.1, 0.15) is 11.1 Å². The summed E-state index contributed by atoms with van der Waals surface area (Å²) in [5.74, 6) is 1.84. The second-order valence-corrected chi connectivity index (χ2v) is 4.72. The lowest BCUT2D eigenvalue weighted by Gasteiger charge is -2.29. The van der Waals surface area contributed by atoms with Gasteiger partial charge in [-0.05, 0) is 23.8 Å². The molecule has 3 heteroatoms. The molecular formula is C16H17NO2. The van der Waals surface area contributed by atoms with Crippen molar-refractivity contribution in [2.24, 2.45) is 0 Å². The molecule has 2 aromatic rings. The SMILES string of the molecule is COc1ccc2c(c1)CN(Cc1ccccc1)CO2. The maximum Gasteiger partial charge on any atom is 0.142 e. The normalized spacial score (nSPS) is 14.6. The Morgan fingerprint density at radius 1 is 1.16 bits per heavy atom. The third-order valence-corrected chi connectivity index (χ3v) is 3.31. The summed E-state index contributed by atoms with van der Waals surface area (Å²) >= 11 is 0. The van der Waals surface area contributed by atoms with E-state index in [2.05, 4.69) is 29.2 Å². The molecule has 0 fully saturated rings. The van der Waals surface area contributed by atoms with Gasteiger partial charge in [-0.1, -0.05) is 30.3 Å². The average molecular weight is 255 g/mol. The summed E-state index contributed by atoms with van der Waals surface area (Å²) in [5, 5.41) is 0. The summed E-state index contributed by atoms with van der Waals surface area (Å²) < 4.78 is 11.0. The molecule has 0 bridgehead atoms. The van der Waals surface area contributed by atoms with Crippen molar-refractivity contribution in [3.8, 4) is 11.5 Å². The molecule has 0 spiro atoms. The molecule has 0 saturated carbocycles. The minimum Gasteiger partial charge on any atom is -0.497 e. The molecule has 98 valence electrons. The van der Waals surface area contributed by atoms with Crippen molar-refractivity contribution in [2.45, 2.75) is 13.1 Å². The van der Waals surface area contributed by atoms with Crippen LogP contribution in [-0.4, -0.2) is 18.7 Å². The molecule has 19 heavy (non-hydrogen) atoms. The lowest BCUT2D eigenvalue weighted by Crippen LogP contribution is -2.31. The average Bonchev–Trinajstić information content (AvgIpc) is 2.47. The van der Waals surface area contributed by atoms with E-state index in [1.54, 1.807) is 7.11 Å². The van der Waals surface area contributed by atoms with Crippen molar-refractivity contribution in [2.75, 3.05) is 13.8 Å². The van der Waals surface area contributed by atoms with Crippen LogP contribution in [-0.2, 0) is 13.1 Å². The molecule has 0 unspecified atom stereocenters. The van der Waals surface area contributed by atoms with Crippen LogP contribution in [0.15, 0.2) is 48.5 Å². The molecule has 0 aliphatic carbocycles. The molecule has 0 aromatic heterocycles. The van der Waals surface area contributed by atoms with Gasteiger partial charge < -0.3 is 9.47 Å². The third kappa shape index (κ3) is 2.71. The smallest absolute Gasteiger partial charge is 0.142 e. The molecule has 3 rings (SSSR count). The Labute approximate surface area is 113 Å². The van der Waals surface area contributed by atoms with Crippen molar-refractivity contribution in [3.63, 3.8) is 0 Å². The first-order chi connectivity index (χ1) is 9.35. The van der Waals surface area contributed by atoms with E-state index < -0.39 is 0 Å². The van der Waals surface area contributed by atoms with E-state index in [1.807, 2.05) is 24.3 Å². The number of nitrogens with zero attached hydrogens (tertiary/aromatic N) is 1. The van der Waals surface area contributed by atoms with Crippen LogP contribution in [0, 0.1) is 0 Å². The van der Waals surface area contributed by atoms with Crippen LogP contribution < -0.4 is 9.47 Å². The lowest BCUT2D eigenvalue weighted by molar-refractivity contribution is 0.0885. The fourth-order valence-corrected chi connectivity index (χ4v) is 2.34. The van der Waals surface area contributed by atoms with Gasteiger partial charge in [0.1, 0.15) is 18.2 Å². The van der Waals surface area contributed by atoms with Crippen LogP contribution in [0.2, 0.25) is 0 Å². The van der Waals surface area contributed by atoms with Gasteiger partial charge in [0.2, 0.25) is 0 Å². The Morgan fingerprint density at radius 3 is 2.79 bits per heavy atom. The topological polar surface area (TPSA) is 21.7 Å². The Morgan fingerprint density at radius 2 is 2.00 bits per heavy atom. The zero-order valence-corrected chi connectivity index (χ0v) is 11.0. The largest absolute Gasteiger partial charge is 0.497 e.